The summed E-state index contributed by atoms with van der Waals surface area (Å²) < 4.78 is 5.25. The monoisotopic (exact) mass is 233 g/mol. The molecule has 1 aliphatic heterocycles. The molecule has 0 aromatic carbocycles. The van der Waals surface area contributed by atoms with Crippen molar-refractivity contribution in [2.24, 2.45) is 5.92 Å². The Morgan fingerprint density at radius 2 is 1.94 bits per heavy atom. The molecule has 1 rings (SSSR count). The molecule has 6 nitrogen and oxygen atoms in total. The fourth-order valence-corrected chi connectivity index (χ4v) is 1.63. The van der Waals surface area contributed by atoms with Gasteiger partial charge in [0.2, 0.25) is 5.91 Å². The molecule has 0 aliphatic carbocycles. The molecule has 0 spiro atoms. The van der Waals surface area contributed by atoms with E-state index in [0.29, 0.717) is 13.0 Å². The second-order valence-corrected chi connectivity index (χ2v) is 4.32. The first-order chi connectivity index (χ1) is 7.56. The van der Waals surface area contributed by atoms with Gasteiger partial charge in [-0.2, -0.15) is 0 Å². The Morgan fingerprint density at radius 1 is 1.38 bits per heavy atom. The standard InChI is InChI=1S/C10H19NO5/c1-7-2-8(3-16-7)9(15)11-10(4-12,5-13)6-14/h7-8,12-14H,2-6H2,1H3,(H,11,15). The van der Waals surface area contributed by atoms with Crippen LogP contribution in [0.4, 0.5) is 0 Å². The number of ether oxygens (including phenoxy) is 1. The first kappa shape index (κ1) is 13.4. The van der Waals surface area contributed by atoms with Gasteiger partial charge in [0.05, 0.1) is 38.4 Å². The number of rotatable bonds is 5. The van der Waals surface area contributed by atoms with Crippen molar-refractivity contribution in [3.8, 4) is 0 Å². The molecule has 1 aliphatic rings. The lowest BCUT2D eigenvalue weighted by Crippen LogP contribution is -2.58. The molecule has 1 heterocycles. The molecule has 2 unspecified atom stereocenters. The van der Waals surface area contributed by atoms with E-state index in [1.807, 2.05) is 6.92 Å². The van der Waals surface area contributed by atoms with Gasteiger partial charge in [-0.25, -0.2) is 0 Å². The summed E-state index contributed by atoms with van der Waals surface area (Å²) in [7, 11) is 0. The Morgan fingerprint density at radius 3 is 2.31 bits per heavy atom. The molecule has 16 heavy (non-hydrogen) atoms. The van der Waals surface area contributed by atoms with E-state index in [1.54, 1.807) is 0 Å². The van der Waals surface area contributed by atoms with Gasteiger partial charge in [0.15, 0.2) is 0 Å². The van der Waals surface area contributed by atoms with Crippen LogP contribution in [0, 0.1) is 5.92 Å². The fourth-order valence-electron chi connectivity index (χ4n) is 1.63. The van der Waals surface area contributed by atoms with E-state index in [4.69, 9.17) is 20.1 Å². The van der Waals surface area contributed by atoms with Crippen molar-refractivity contribution in [2.45, 2.75) is 25.0 Å². The second kappa shape index (κ2) is 5.58. The predicted molar refractivity (Wildman–Crippen MR) is 55.7 cm³/mol. The summed E-state index contributed by atoms with van der Waals surface area (Å²) in [5.41, 5.74) is -1.34. The van der Waals surface area contributed by atoms with Gasteiger partial charge in [-0.15, -0.1) is 0 Å². The summed E-state index contributed by atoms with van der Waals surface area (Å²) in [5.74, 6) is -0.583. The van der Waals surface area contributed by atoms with Crippen molar-refractivity contribution < 1.29 is 24.9 Å². The van der Waals surface area contributed by atoms with Crippen molar-refractivity contribution in [3.63, 3.8) is 0 Å². The summed E-state index contributed by atoms with van der Waals surface area (Å²) in [6.45, 7) is 0.703. The number of nitrogens with one attached hydrogen (secondary N) is 1. The van der Waals surface area contributed by atoms with E-state index < -0.39 is 25.4 Å². The maximum atomic E-state index is 11.8. The van der Waals surface area contributed by atoms with Crippen LogP contribution in [0.5, 0.6) is 0 Å². The third-order valence-corrected chi connectivity index (χ3v) is 2.87. The first-order valence-electron chi connectivity index (χ1n) is 5.33. The van der Waals surface area contributed by atoms with Crippen molar-refractivity contribution in [3.05, 3.63) is 0 Å². The summed E-state index contributed by atoms with van der Waals surface area (Å²) >= 11 is 0. The molecule has 0 bridgehead atoms. The number of carbonyl (C=O) groups excluding carboxylic acids is 1. The molecule has 6 heteroatoms. The minimum absolute atomic E-state index is 0.0440. The summed E-state index contributed by atoms with van der Waals surface area (Å²) in [6.07, 6.45) is 0.659. The predicted octanol–water partition coefficient (Wildman–Crippen LogP) is -1.76. The lowest BCUT2D eigenvalue weighted by atomic mass is 9.99. The van der Waals surface area contributed by atoms with E-state index in [2.05, 4.69) is 5.32 Å². The van der Waals surface area contributed by atoms with Crippen LogP contribution in [0.25, 0.3) is 0 Å². The van der Waals surface area contributed by atoms with Crippen LogP contribution in [0.1, 0.15) is 13.3 Å². The van der Waals surface area contributed by atoms with E-state index in [9.17, 15) is 4.79 Å². The van der Waals surface area contributed by atoms with E-state index in [-0.39, 0.29) is 17.9 Å². The Labute approximate surface area is 94.2 Å². The molecule has 4 N–H and O–H groups in total. The van der Waals surface area contributed by atoms with Crippen LogP contribution < -0.4 is 5.32 Å². The van der Waals surface area contributed by atoms with Crippen LogP contribution in [0.15, 0.2) is 0 Å². The lowest BCUT2D eigenvalue weighted by molar-refractivity contribution is -0.129. The average molecular weight is 233 g/mol. The average Bonchev–Trinajstić information content (AvgIpc) is 2.73. The van der Waals surface area contributed by atoms with Crippen LogP contribution in [-0.2, 0) is 9.53 Å². The highest BCUT2D eigenvalue weighted by Crippen LogP contribution is 2.19. The SMILES string of the molecule is CC1CC(C(=O)NC(CO)(CO)CO)CO1. The van der Waals surface area contributed by atoms with Gasteiger partial charge in [-0.3, -0.25) is 4.79 Å². The van der Waals surface area contributed by atoms with Gasteiger partial charge in [0.25, 0.3) is 0 Å². The Balaban J connectivity index is 2.55. The van der Waals surface area contributed by atoms with Crippen LogP contribution >= 0.6 is 0 Å². The lowest BCUT2D eigenvalue weighted by Gasteiger charge is -2.29. The smallest absolute Gasteiger partial charge is 0.226 e. The Kier molecular flexibility index (Phi) is 4.67. The molecule has 0 saturated carbocycles. The van der Waals surface area contributed by atoms with Gasteiger partial charge >= 0.3 is 0 Å². The second-order valence-electron chi connectivity index (χ2n) is 4.32. The van der Waals surface area contributed by atoms with Gasteiger partial charge in [-0.05, 0) is 13.3 Å². The van der Waals surface area contributed by atoms with Crippen LogP contribution in [-0.4, -0.2) is 59.3 Å². The molecular formula is C10H19NO5. The quantitative estimate of drug-likeness (QED) is 0.451. The summed E-state index contributed by atoms with van der Waals surface area (Å²) in [6, 6.07) is 0. The minimum Gasteiger partial charge on any atom is -0.394 e. The van der Waals surface area contributed by atoms with Crippen molar-refractivity contribution in [2.75, 3.05) is 26.4 Å². The summed E-state index contributed by atoms with van der Waals surface area (Å²) in [4.78, 5) is 11.8. The highest BCUT2D eigenvalue weighted by Gasteiger charge is 2.35. The Hall–Kier alpha value is -0.690. The molecule has 2 atom stereocenters. The van der Waals surface area contributed by atoms with E-state index >= 15 is 0 Å². The molecular weight excluding hydrogens is 214 g/mol. The highest BCUT2D eigenvalue weighted by molar-refractivity contribution is 5.80. The number of amides is 1. The van der Waals surface area contributed by atoms with Gasteiger partial charge < -0.3 is 25.4 Å². The number of aliphatic hydroxyl groups excluding tert-OH is 3. The third kappa shape index (κ3) is 2.91. The zero-order chi connectivity index (χ0) is 12.2. The number of hydrogen-bond acceptors (Lipinski definition) is 5. The molecule has 1 amide bonds. The Bertz CT molecular complexity index is 233. The van der Waals surface area contributed by atoms with Crippen molar-refractivity contribution in [1.82, 2.24) is 5.32 Å². The van der Waals surface area contributed by atoms with Gasteiger partial charge in [0.1, 0.15) is 5.54 Å². The molecule has 0 radical (unpaired) electrons. The van der Waals surface area contributed by atoms with E-state index in [0.717, 1.165) is 0 Å². The molecule has 0 aromatic heterocycles. The fraction of sp³-hybridized carbons (Fsp3) is 0.900. The van der Waals surface area contributed by atoms with Gasteiger partial charge in [-0.1, -0.05) is 0 Å². The maximum absolute atomic E-state index is 11.8. The minimum atomic E-state index is -1.34. The topological polar surface area (TPSA) is 99.0 Å². The number of aliphatic hydroxyl groups is 3. The molecule has 1 fully saturated rings. The van der Waals surface area contributed by atoms with Gasteiger partial charge in [0, 0.05) is 0 Å². The van der Waals surface area contributed by atoms with Crippen LogP contribution in [0.2, 0.25) is 0 Å². The van der Waals surface area contributed by atoms with Crippen molar-refractivity contribution >= 4 is 5.91 Å². The first-order valence-corrected chi connectivity index (χ1v) is 5.33. The van der Waals surface area contributed by atoms with E-state index in [1.165, 1.54) is 0 Å². The number of hydrogen-bond donors (Lipinski definition) is 4. The molecule has 1 saturated heterocycles. The summed E-state index contributed by atoms with van der Waals surface area (Å²) in [5, 5.41) is 29.6. The largest absolute Gasteiger partial charge is 0.394 e. The zero-order valence-electron chi connectivity index (χ0n) is 9.35. The normalized spacial score (nSPS) is 25.8. The molecule has 0 aromatic rings. The highest BCUT2D eigenvalue weighted by atomic mass is 16.5. The zero-order valence-corrected chi connectivity index (χ0v) is 9.35. The third-order valence-electron chi connectivity index (χ3n) is 2.87. The number of carbonyl (C=O) groups is 1. The molecule has 94 valence electrons. The van der Waals surface area contributed by atoms with Crippen LogP contribution in [0.3, 0.4) is 0 Å². The maximum Gasteiger partial charge on any atom is 0.226 e. The van der Waals surface area contributed by atoms with Crippen molar-refractivity contribution in [1.29, 1.82) is 0 Å².